The molecule has 1 saturated heterocycles. The summed E-state index contributed by atoms with van der Waals surface area (Å²) in [6, 6.07) is 5.79. The highest BCUT2D eigenvalue weighted by Crippen LogP contribution is 2.34. The molecule has 2 aromatic heterocycles. The molecule has 0 bridgehead atoms. The van der Waals surface area contributed by atoms with Gasteiger partial charge in [0.05, 0.1) is 7.11 Å². The van der Waals surface area contributed by atoms with E-state index in [1.807, 2.05) is 23.1 Å². The number of nitrogens with one attached hydrogen (secondary N) is 1. The minimum Gasteiger partial charge on any atom is -0.481 e. The zero-order chi connectivity index (χ0) is 21.8. The van der Waals surface area contributed by atoms with E-state index >= 15 is 0 Å². The van der Waals surface area contributed by atoms with Crippen LogP contribution in [0.4, 0.5) is 5.69 Å². The molecule has 31 heavy (non-hydrogen) atoms. The lowest BCUT2D eigenvalue weighted by molar-refractivity contribution is -0.125. The average Bonchev–Trinajstić information content (AvgIpc) is 3.49. The van der Waals surface area contributed by atoms with E-state index in [0.717, 1.165) is 24.1 Å². The molecular weight excluding hydrogens is 394 g/mol. The minimum absolute atomic E-state index is 0.0223. The molecule has 3 N–H and O–H groups in total. The number of pyridine rings is 2. The first-order valence-electron chi connectivity index (χ1n) is 10.7. The van der Waals surface area contributed by atoms with Crippen molar-refractivity contribution in [2.75, 3.05) is 38.2 Å². The molecule has 1 atom stereocenters. The van der Waals surface area contributed by atoms with E-state index in [1.54, 1.807) is 25.6 Å². The van der Waals surface area contributed by atoms with Crippen molar-refractivity contribution in [3.8, 4) is 17.0 Å². The van der Waals surface area contributed by atoms with E-state index in [9.17, 15) is 9.59 Å². The van der Waals surface area contributed by atoms with Crippen LogP contribution in [0.3, 0.4) is 0 Å². The van der Waals surface area contributed by atoms with Gasteiger partial charge in [-0.25, -0.2) is 4.98 Å². The van der Waals surface area contributed by atoms with Crippen LogP contribution in [-0.4, -0.2) is 60.1 Å². The smallest absolute Gasteiger partial charge is 0.271 e. The summed E-state index contributed by atoms with van der Waals surface area (Å²) < 4.78 is 5.24. The van der Waals surface area contributed by atoms with Gasteiger partial charge < -0.3 is 25.3 Å². The van der Waals surface area contributed by atoms with Crippen molar-refractivity contribution in [3.05, 3.63) is 53.1 Å². The summed E-state index contributed by atoms with van der Waals surface area (Å²) in [5.74, 6) is 1.10. The Morgan fingerprint density at radius 3 is 2.94 bits per heavy atom. The van der Waals surface area contributed by atoms with Gasteiger partial charge >= 0.3 is 0 Å². The number of H-pyrrole nitrogens is 1. The van der Waals surface area contributed by atoms with Crippen LogP contribution in [0, 0.1) is 5.92 Å². The van der Waals surface area contributed by atoms with Gasteiger partial charge in [-0.05, 0) is 42.9 Å². The lowest BCUT2D eigenvalue weighted by atomic mass is 10.1. The summed E-state index contributed by atoms with van der Waals surface area (Å²) in [6.45, 7) is 2.46. The topological polar surface area (TPSA) is 105 Å². The van der Waals surface area contributed by atoms with Crippen LogP contribution in [0.5, 0.6) is 5.88 Å². The van der Waals surface area contributed by atoms with Gasteiger partial charge in [-0.1, -0.05) is 6.08 Å². The largest absolute Gasteiger partial charge is 0.481 e. The Morgan fingerprint density at radius 2 is 2.19 bits per heavy atom. The second kappa shape index (κ2) is 9.34. The molecular formula is C23H29N5O3. The number of hydrogen-bond donors (Lipinski definition) is 2. The van der Waals surface area contributed by atoms with E-state index in [2.05, 4.69) is 14.9 Å². The van der Waals surface area contributed by atoms with Crippen molar-refractivity contribution in [2.24, 2.45) is 11.7 Å². The number of anilines is 1. The SMILES string of the molecule is COc1cc(-c2c[nH]c(=O)c(N(CC3CC3)[C@H]3CCN(C(=O)C=CCN)C3)c2)ccn1. The molecule has 0 unspecified atom stereocenters. The molecule has 1 amide bonds. The first-order chi connectivity index (χ1) is 15.1. The molecule has 164 valence electrons. The molecule has 1 saturated carbocycles. The number of nitrogens with two attached hydrogens (primary N) is 1. The normalized spacial score (nSPS) is 18.5. The maximum Gasteiger partial charge on any atom is 0.271 e. The predicted octanol–water partition coefficient (Wildman–Crippen LogP) is 1.78. The van der Waals surface area contributed by atoms with Gasteiger partial charge in [-0.3, -0.25) is 9.59 Å². The maximum absolute atomic E-state index is 12.8. The number of hydrogen-bond acceptors (Lipinski definition) is 6. The van der Waals surface area contributed by atoms with Gasteiger partial charge in [0.25, 0.3) is 5.56 Å². The number of nitrogens with zero attached hydrogens (tertiary/aromatic N) is 3. The lowest BCUT2D eigenvalue weighted by Gasteiger charge is -2.31. The summed E-state index contributed by atoms with van der Waals surface area (Å²) in [5, 5.41) is 0. The quantitative estimate of drug-likeness (QED) is 0.627. The van der Waals surface area contributed by atoms with Crippen LogP contribution in [0.15, 0.2) is 47.5 Å². The van der Waals surface area contributed by atoms with Crippen molar-refractivity contribution >= 4 is 11.6 Å². The third-order valence-corrected chi connectivity index (χ3v) is 5.93. The number of amides is 1. The van der Waals surface area contributed by atoms with Crippen molar-refractivity contribution in [1.29, 1.82) is 0 Å². The Labute approximate surface area is 181 Å². The van der Waals surface area contributed by atoms with E-state index in [1.165, 1.54) is 18.9 Å². The van der Waals surface area contributed by atoms with Crippen molar-refractivity contribution in [2.45, 2.75) is 25.3 Å². The third kappa shape index (κ3) is 4.96. The zero-order valence-corrected chi connectivity index (χ0v) is 17.8. The van der Waals surface area contributed by atoms with Gasteiger partial charge in [0.2, 0.25) is 11.8 Å². The van der Waals surface area contributed by atoms with Crippen molar-refractivity contribution in [3.63, 3.8) is 0 Å². The molecule has 8 nitrogen and oxygen atoms in total. The summed E-state index contributed by atoms with van der Waals surface area (Å²) in [6.07, 6.45) is 9.83. The van der Waals surface area contributed by atoms with Crippen LogP contribution in [-0.2, 0) is 4.79 Å². The van der Waals surface area contributed by atoms with Crippen LogP contribution in [0.25, 0.3) is 11.1 Å². The summed E-state index contributed by atoms with van der Waals surface area (Å²) in [7, 11) is 1.58. The fourth-order valence-electron chi connectivity index (χ4n) is 4.05. The summed E-state index contributed by atoms with van der Waals surface area (Å²) in [4.78, 5) is 36.3. The molecule has 2 fully saturated rings. The first-order valence-corrected chi connectivity index (χ1v) is 10.7. The van der Waals surface area contributed by atoms with Crippen LogP contribution >= 0.6 is 0 Å². The average molecular weight is 424 g/mol. The number of ether oxygens (including phenoxy) is 1. The number of likely N-dealkylation sites (tertiary alicyclic amines) is 1. The van der Waals surface area contributed by atoms with E-state index in [-0.39, 0.29) is 17.5 Å². The third-order valence-electron chi connectivity index (χ3n) is 5.93. The van der Waals surface area contributed by atoms with Gasteiger partial charge in [-0.2, -0.15) is 0 Å². The Morgan fingerprint density at radius 1 is 1.35 bits per heavy atom. The fraction of sp³-hybridized carbons (Fsp3) is 0.435. The molecule has 3 heterocycles. The second-order valence-corrected chi connectivity index (χ2v) is 8.15. The number of aromatic amines is 1. The molecule has 1 aliphatic carbocycles. The van der Waals surface area contributed by atoms with E-state index in [0.29, 0.717) is 37.1 Å². The van der Waals surface area contributed by atoms with Gasteiger partial charge in [-0.15, -0.1) is 0 Å². The molecule has 8 heteroatoms. The number of methoxy groups -OCH3 is 1. The van der Waals surface area contributed by atoms with Gasteiger partial charge in [0, 0.05) is 62.3 Å². The molecule has 4 rings (SSSR count). The standard InChI is InChI=1S/C23H29N5O3/c1-31-21-12-17(6-9-25-21)18-11-20(23(30)26-13-18)28(14-16-4-5-16)19-7-10-27(15-19)22(29)3-2-8-24/h2-3,6,9,11-13,16,19H,4-5,7-8,10,14-15,24H2,1H3,(H,26,30)/t19-/m0/s1. The second-order valence-electron chi connectivity index (χ2n) is 8.15. The predicted molar refractivity (Wildman–Crippen MR) is 120 cm³/mol. The summed E-state index contributed by atoms with van der Waals surface area (Å²) in [5.41, 5.74) is 7.83. The number of aromatic nitrogens is 2. The van der Waals surface area contributed by atoms with Crippen LogP contribution < -0.4 is 20.9 Å². The van der Waals surface area contributed by atoms with Crippen LogP contribution in [0.1, 0.15) is 19.3 Å². The Balaban J connectivity index is 1.61. The first kappa shape index (κ1) is 21.1. The van der Waals surface area contributed by atoms with Gasteiger partial charge in [0.15, 0.2) is 0 Å². The summed E-state index contributed by atoms with van der Waals surface area (Å²) >= 11 is 0. The monoisotopic (exact) mass is 423 g/mol. The number of carbonyl (C=O) groups is 1. The number of rotatable bonds is 8. The van der Waals surface area contributed by atoms with Gasteiger partial charge in [0.1, 0.15) is 5.69 Å². The molecule has 0 spiro atoms. The Kier molecular flexibility index (Phi) is 6.36. The van der Waals surface area contributed by atoms with E-state index in [4.69, 9.17) is 10.5 Å². The van der Waals surface area contributed by atoms with Crippen LogP contribution in [0.2, 0.25) is 0 Å². The zero-order valence-electron chi connectivity index (χ0n) is 17.8. The molecule has 0 aromatic carbocycles. The number of carbonyl (C=O) groups excluding carboxylic acids is 1. The molecule has 2 aliphatic rings. The highest BCUT2D eigenvalue weighted by molar-refractivity contribution is 5.88. The van der Waals surface area contributed by atoms with E-state index < -0.39 is 0 Å². The Hall–Kier alpha value is -3.13. The van der Waals surface area contributed by atoms with Crippen molar-refractivity contribution in [1.82, 2.24) is 14.9 Å². The molecule has 0 radical (unpaired) electrons. The molecule has 2 aromatic rings. The Bertz CT molecular complexity index is 1010. The van der Waals surface area contributed by atoms with Crippen molar-refractivity contribution < 1.29 is 9.53 Å². The lowest BCUT2D eigenvalue weighted by Crippen LogP contribution is -2.42. The fourth-order valence-corrected chi connectivity index (χ4v) is 4.05. The highest BCUT2D eigenvalue weighted by Gasteiger charge is 2.34. The highest BCUT2D eigenvalue weighted by atomic mass is 16.5. The molecule has 1 aliphatic heterocycles. The minimum atomic E-state index is -0.113. The maximum atomic E-state index is 12.8.